The summed E-state index contributed by atoms with van der Waals surface area (Å²) in [4.78, 5) is 1.38. The molecule has 1 aromatic rings. The van der Waals surface area contributed by atoms with Crippen LogP contribution in [0.5, 0.6) is 0 Å². The largest absolute Gasteiger partial charge is 0.379 e. The third-order valence-electron chi connectivity index (χ3n) is 3.04. The monoisotopic (exact) mass is 329 g/mol. The van der Waals surface area contributed by atoms with Crippen molar-refractivity contribution >= 4 is 27.7 Å². The molecule has 0 aromatic heterocycles. The number of rotatable bonds is 6. The van der Waals surface area contributed by atoms with Crippen molar-refractivity contribution in [3.05, 3.63) is 28.2 Å². The number of thioether (sulfide) groups is 1. The van der Waals surface area contributed by atoms with E-state index in [1.54, 1.807) is 0 Å². The molecule has 2 rings (SSSR count). The minimum absolute atomic E-state index is 0.394. The highest BCUT2D eigenvalue weighted by Gasteiger charge is 2.22. The van der Waals surface area contributed by atoms with E-state index in [9.17, 15) is 0 Å². The molecular weight excluding hydrogens is 310 g/mol. The van der Waals surface area contributed by atoms with Crippen LogP contribution in [0.2, 0.25) is 0 Å². The summed E-state index contributed by atoms with van der Waals surface area (Å²) in [7, 11) is 0. The van der Waals surface area contributed by atoms with Gasteiger partial charge in [0.2, 0.25) is 0 Å². The Labute approximate surface area is 122 Å². The number of hydrogen-bond acceptors (Lipinski definition) is 3. The maximum Gasteiger partial charge on any atom is 0.0611 e. The fourth-order valence-corrected chi connectivity index (χ4v) is 3.48. The summed E-state index contributed by atoms with van der Waals surface area (Å²) in [5, 5.41) is 4.19. The summed E-state index contributed by atoms with van der Waals surface area (Å²) in [5.41, 5.74) is 1.38. The van der Waals surface area contributed by atoms with Crippen LogP contribution in [0.25, 0.3) is 0 Å². The van der Waals surface area contributed by atoms with Crippen molar-refractivity contribution in [3.63, 3.8) is 0 Å². The molecule has 1 atom stereocenters. The van der Waals surface area contributed by atoms with Gasteiger partial charge in [-0.15, -0.1) is 11.8 Å². The Balaban J connectivity index is 2.11. The zero-order valence-electron chi connectivity index (χ0n) is 10.9. The lowest BCUT2D eigenvalue weighted by molar-refractivity contribution is 0.0455. The molecule has 0 aliphatic carbocycles. The maximum atomic E-state index is 5.25. The van der Waals surface area contributed by atoms with E-state index in [1.807, 2.05) is 11.8 Å². The van der Waals surface area contributed by atoms with Crippen LogP contribution in [0.15, 0.2) is 27.6 Å². The van der Waals surface area contributed by atoms with E-state index < -0.39 is 0 Å². The molecule has 4 heteroatoms. The topological polar surface area (TPSA) is 21.3 Å². The van der Waals surface area contributed by atoms with Crippen molar-refractivity contribution in [2.75, 3.05) is 19.8 Å². The highest BCUT2D eigenvalue weighted by molar-refractivity contribution is 9.10. The number of ether oxygens (including phenoxy) is 1. The summed E-state index contributed by atoms with van der Waals surface area (Å²) >= 11 is 5.51. The summed E-state index contributed by atoms with van der Waals surface area (Å²) in [5.74, 6) is 0. The van der Waals surface area contributed by atoms with Crippen LogP contribution in [-0.4, -0.2) is 25.0 Å². The molecule has 1 N–H and O–H groups in total. The predicted octanol–water partition coefficient (Wildman–Crippen LogP) is 4.00. The molecule has 18 heavy (non-hydrogen) atoms. The van der Waals surface area contributed by atoms with Crippen LogP contribution in [0.1, 0.15) is 31.9 Å². The summed E-state index contributed by atoms with van der Waals surface area (Å²) in [6.07, 6.45) is 1.16. The van der Waals surface area contributed by atoms with Gasteiger partial charge in [-0.1, -0.05) is 22.9 Å². The first-order valence-corrected chi connectivity index (χ1v) is 8.15. The summed E-state index contributed by atoms with van der Waals surface area (Å²) in [6.45, 7) is 7.26. The molecule has 0 radical (unpaired) electrons. The SMILES string of the molecule is CCCNC(C)c1cc(Br)ccc1SC1COC1. The summed E-state index contributed by atoms with van der Waals surface area (Å²) in [6, 6.07) is 6.96. The van der Waals surface area contributed by atoms with Gasteiger partial charge in [-0.25, -0.2) is 0 Å². The molecule has 0 spiro atoms. The van der Waals surface area contributed by atoms with E-state index in [-0.39, 0.29) is 0 Å². The van der Waals surface area contributed by atoms with E-state index in [0.29, 0.717) is 11.3 Å². The zero-order chi connectivity index (χ0) is 13.0. The molecule has 1 unspecified atom stereocenters. The van der Waals surface area contributed by atoms with Crippen molar-refractivity contribution in [3.8, 4) is 0 Å². The predicted molar refractivity (Wildman–Crippen MR) is 81.3 cm³/mol. The maximum absolute atomic E-state index is 5.25. The van der Waals surface area contributed by atoms with Gasteiger partial charge in [-0.3, -0.25) is 0 Å². The van der Waals surface area contributed by atoms with Crippen molar-refractivity contribution in [1.29, 1.82) is 0 Å². The van der Waals surface area contributed by atoms with E-state index >= 15 is 0 Å². The molecule has 1 fully saturated rings. The first kappa shape index (κ1) is 14.4. The van der Waals surface area contributed by atoms with Crippen LogP contribution in [0.4, 0.5) is 0 Å². The average Bonchev–Trinajstić information content (AvgIpc) is 2.32. The molecule has 1 aliphatic rings. The quantitative estimate of drug-likeness (QED) is 0.852. The molecule has 0 bridgehead atoms. The molecule has 1 saturated heterocycles. The minimum atomic E-state index is 0.394. The third kappa shape index (κ3) is 3.73. The van der Waals surface area contributed by atoms with Gasteiger partial charge >= 0.3 is 0 Å². The normalized spacial score (nSPS) is 17.5. The highest BCUT2D eigenvalue weighted by atomic mass is 79.9. The van der Waals surface area contributed by atoms with Crippen LogP contribution in [0.3, 0.4) is 0 Å². The molecule has 2 nitrogen and oxygen atoms in total. The fraction of sp³-hybridized carbons (Fsp3) is 0.571. The van der Waals surface area contributed by atoms with Crippen molar-refractivity contribution in [2.24, 2.45) is 0 Å². The lowest BCUT2D eigenvalue weighted by atomic mass is 10.1. The van der Waals surface area contributed by atoms with E-state index in [2.05, 4.69) is 53.3 Å². The van der Waals surface area contributed by atoms with Crippen molar-refractivity contribution in [1.82, 2.24) is 5.32 Å². The number of benzene rings is 1. The smallest absolute Gasteiger partial charge is 0.0611 e. The molecule has 0 saturated carbocycles. The van der Waals surface area contributed by atoms with Crippen LogP contribution in [0, 0.1) is 0 Å². The lowest BCUT2D eigenvalue weighted by Crippen LogP contribution is -2.30. The van der Waals surface area contributed by atoms with Crippen LogP contribution < -0.4 is 5.32 Å². The average molecular weight is 330 g/mol. The van der Waals surface area contributed by atoms with E-state index in [1.165, 1.54) is 10.5 Å². The second-order valence-corrected chi connectivity index (χ2v) is 6.89. The van der Waals surface area contributed by atoms with E-state index in [0.717, 1.165) is 30.7 Å². The van der Waals surface area contributed by atoms with Crippen LogP contribution in [-0.2, 0) is 4.74 Å². The lowest BCUT2D eigenvalue weighted by Gasteiger charge is -2.27. The standard InChI is InChI=1S/C14H20BrNOS/c1-3-6-16-10(2)13-7-11(15)4-5-14(13)18-12-8-17-9-12/h4-5,7,10,12,16H,3,6,8-9H2,1-2H3. The number of hydrogen-bond donors (Lipinski definition) is 1. The van der Waals surface area contributed by atoms with Gasteiger partial charge in [0.1, 0.15) is 0 Å². The first-order chi connectivity index (χ1) is 8.70. The summed E-state index contributed by atoms with van der Waals surface area (Å²) < 4.78 is 6.40. The Hall–Kier alpha value is -0.0300. The Kier molecular flexibility index (Phi) is 5.55. The van der Waals surface area contributed by atoms with E-state index in [4.69, 9.17) is 4.74 Å². The molecule has 1 aromatic carbocycles. The van der Waals surface area contributed by atoms with Crippen LogP contribution >= 0.6 is 27.7 Å². The van der Waals surface area contributed by atoms with Gasteiger partial charge in [0.25, 0.3) is 0 Å². The first-order valence-electron chi connectivity index (χ1n) is 6.48. The van der Waals surface area contributed by atoms with Gasteiger partial charge < -0.3 is 10.1 Å². The van der Waals surface area contributed by atoms with Gasteiger partial charge in [0.05, 0.1) is 18.5 Å². The van der Waals surface area contributed by atoms with Crippen molar-refractivity contribution < 1.29 is 4.74 Å². The Bertz CT molecular complexity index is 395. The van der Waals surface area contributed by atoms with Gasteiger partial charge in [-0.05, 0) is 43.7 Å². The Morgan fingerprint density at radius 3 is 2.89 bits per heavy atom. The Morgan fingerprint density at radius 2 is 2.28 bits per heavy atom. The van der Waals surface area contributed by atoms with Gasteiger partial charge in [-0.2, -0.15) is 0 Å². The fourth-order valence-electron chi connectivity index (χ4n) is 1.90. The molecule has 1 heterocycles. The zero-order valence-corrected chi connectivity index (χ0v) is 13.3. The third-order valence-corrected chi connectivity index (χ3v) is 4.76. The molecular formula is C14H20BrNOS. The number of nitrogens with one attached hydrogen (secondary N) is 1. The molecule has 100 valence electrons. The van der Waals surface area contributed by atoms with Gasteiger partial charge in [0.15, 0.2) is 0 Å². The Morgan fingerprint density at radius 1 is 1.50 bits per heavy atom. The molecule has 0 amide bonds. The molecule has 1 aliphatic heterocycles. The highest BCUT2D eigenvalue weighted by Crippen LogP contribution is 2.35. The number of halogens is 1. The van der Waals surface area contributed by atoms with Gasteiger partial charge in [0, 0.05) is 15.4 Å². The second-order valence-electron chi connectivity index (χ2n) is 4.64. The second kappa shape index (κ2) is 6.94. The minimum Gasteiger partial charge on any atom is -0.379 e. The van der Waals surface area contributed by atoms with Crippen molar-refractivity contribution in [2.45, 2.75) is 36.5 Å².